The molecule has 0 spiro atoms. The Morgan fingerprint density at radius 2 is 2.04 bits per heavy atom. The minimum absolute atomic E-state index is 0.280. The van der Waals surface area contributed by atoms with Crippen LogP contribution in [0.15, 0.2) is 47.8 Å². The van der Waals surface area contributed by atoms with Gasteiger partial charge in [0.1, 0.15) is 0 Å². The molecule has 0 unspecified atom stereocenters. The third kappa shape index (κ3) is 3.11. The van der Waals surface area contributed by atoms with E-state index in [-0.39, 0.29) is 6.79 Å². The van der Waals surface area contributed by atoms with E-state index in [1.165, 1.54) is 0 Å². The quantitative estimate of drug-likeness (QED) is 0.738. The fourth-order valence-electron chi connectivity index (χ4n) is 2.37. The van der Waals surface area contributed by atoms with Crippen LogP contribution in [-0.4, -0.2) is 11.8 Å². The molecule has 2 aromatic carbocycles. The number of nitrogens with one attached hydrogen (secondary N) is 1. The number of halogens is 1. The number of hydrogen-bond acceptors (Lipinski definition) is 5. The van der Waals surface area contributed by atoms with Crippen molar-refractivity contribution in [3.8, 4) is 22.8 Å². The summed E-state index contributed by atoms with van der Waals surface area (Å²) in [6.45, 7) is 0.969. The molecule has 3 aromatic rings. The van der Waals surface area contributed by atoms with Crippen molar-refractivity contribution in [3.63, 3.8) is 0 Å². The van der Waals surface area contributed by atoms with E-state index in [0.29, 0.717) is 6.54 Å². The first-order chi connectivity index (χ1) is 11.3. The standard InChI is InChI=1S/C17H13ClN2O2S/c18-13-3-1-2-11(6-13)8-19-17-20-14(9-23-17)12-4-5-15-16(7-12)22-10-21-15/h1-7,9H,8,10H2,(H,19,20). The molecule has 1 aliphatic rings. The molecule has 0 radical (unpaired) electrons. The molecule has 2 heterocycles. The Morgan fingerprint density at radius 3 is 2.96 bits per heavy atom. The van der Waals surface area contributed by atoms with Crippen molar-refractivity contribution >= 4 is 28.1 Å². The molecule has 1 aliphatic heterocycles. The molecular formula is C17H13ClN2O2S. The van der Waals surface area contributed by atoms with Crippen LogP contribution in [0.1, 0.15) is 5.56 Å². The summed E-state index contributed by atoms with van der Waals surface area (Å²) >= 11 is 7.57. The van der Waals surface area contributed by atoms with E-state index in [0.717, 1.165) is 38.5 Å². The summed E-state index contributed by atoms with van der Waals surface area (Å²) < 4.78 is 10.7. The molecule has 0 atom stereocenters. The Morgan fingerprint density at radius 1 is 1.13 bits per heavy atom. The van der Waals surface area contributed by atoms with Crippen LogP contribution in [0.2, 0.25) is 5.02 Å². The third-order valence-electron chi connectivity index (χ3n) is 3.51. The molecule has 0 bridgehead atoms. The smallest absolute Gasteiger partial charge is 0.231 e. The van der Waals surface area contributed by atoms with E-state index < -0.39 is 0 Å². The maximum atomic E-state index is 5.99. The van der Waals surface area contributed by atoms with E-state index in [4.69, 9.17) is 21.1 Å². The SMILES string of the molecule is Clc1cccc(CNc2nc(-c3ccc4c(c3)OCO4)cs2)c1. The molecule has 23 heavy (non-hydrogen) atoms. The molecule has 6 heteroatoms. The number of benzene rings is 2. The minimum Gasteiger partial charge on any atom is -0.454 e. The Kier molecular flexibility index (Phi) is 3.81. The van der Waals surface area contributed by atoms with Gasteiger partial charge in [-0.3, -0.25) is 0 Å². The topological polar surface area (TPSA) is 43.4 Å². The van der Waals surface area contributed by atoms with Crippen LogP contribution in [0.3, 0.4) is 0 Å². The van der Waals surface area contributed by atoms with Gasteiger partial charge in [0.15, 0.2) is 16.6 Å². The van der Waals surface area contributed by atoms with Gasteiger partial charge in [-0.05, 0) is 35.9 Å². The second-order valence-electron chi connectivity index (χ2n) is 5.09. The highest BCUT2D eigenvalue weighted by Crippen LogP contribution is 2.36. The number of aromatic nitrogens is 1. The monoisotopic (exact) mass is 344 g/mol. The minimum atomic E-state index is 0.280. The van der Waals surface area contributed by atoms with Crippen molar-refractivity contribution in [1.82, 2.24) is 4.98 Å². The zero-order valence-electron chi connectivity index (χ0n) is 12.1. The van der Waals surface area contributed by atoms with E-state index >= 15 is 0 Å². The first-order valence-electron chi connectivity index (χ1n) is 7.12. The largest absolute Gasteiger partial charge is 0.454 e. The van der Waals surface area contributed by atoms with Crippen LogP contribution in [0.4, 0.5) is 5.13 Å². The molecule has 0 amide bonds. The fraction of sp³-hybridized carbons (Fsp3) is 0.118. The van der Waals surface area contributed by atoms with Gasteiger partial charge < -0.3 is 14.8 Å². The van der Waals surface area contributed by atoms with Crippen LogP contribution >= 0.6 is 22.9 Å². The Balaban J connectivity index is 1.48. The van der Waals surface area contributed by atoms with Crippen molar-refractivity contribution in [1.29, 1.82) is 0 Å². The van der Waals surface area contributed by atoms with E-state index in [2.05, 4.69) is 10.3 Å². The predicted octanol–water partition coefficient (Wildman–Crippen LogP) is 4.80. The van der Waals surface area contributed by atoms with Crippen molar-refractivity contribution in [2.24, 2.45) is 0 Å². The number of thiazole rings is 1. The molecule has 1 N–H and O–H groups in total. The van der Waals surface area contributed by atoms with Crippen molar-refractivity contribution in [2.45, 2.75) is 6.54 Å². The number of fused-ring (bicyclic) bond motifs is 1. The average Bonchev–Trinajstić information content (AvgIpc) is 3.21. The van der Waals surface area contributed by atoms with Gasteiger partial charge in [-0.1, -0.05) is 23.7 Å². The lowest BCUT2D eigenvalue weighted by atomic mass is 10.1. The lowest BCUT2D eigenvalue weighted by Crippen LogP contribution is -1.98. The van der Waals surface area contributed by atoms with Crippen molar-refractivity contribution < 1.29 is 9.47 Å². The van der Waals surface area contributed by atoms with Gasteiger partial charge in [-0.15, -0.1) is 11.3 Å². The van der Waals surface area contributed by atoms with Gasteiger partial charge >= 0.3 is 0 Å². The first kappa shape index (κ1) is 14.4. The zero-order chi connectivity index (χ0) is 15.6. The number of anilines is 1. The van der Waals surface area contributed by atoms with Gasteiger partial charge in [-0.25, -0.2) is 4.98 Å². The molecule has 0 saturated heterocycles. The highest BCUT2D eigenvalue weighted by atomic mass is 35.5. The second kappa shape index (κ2) is 6.10. The predicted molar refractivity (Wildman–Crippen MR) is 92.5 cm³/mol. The summed E-state index contributed by atoms with van der Waals surface area (Å²) in [4.78, 5) is 4.62. The van der Waals surface area contributed by atoms with Crippen molar-refractivity contribution in [2.75, 3.05) is 12.1 Å². The summed E-state index contributed by atoms with van der Waals surface area (Å²) in [6, 6.07) is 13.6. The molecular weight excluding hydrogens is 332 g/mol. The lowest BCUT2D eigenvalue weighted by molar-refractivity contribution is 0.174. The van der Waals surface area contributed by atoms with E-state index in [9.17, 15) is 0 Å². The lowest BCUT2D eigenvalue weighted by Gasteiger charge is -2.03. The third-order valence-corrected chi connectivity index (χ3v) is 4.54. The highest BCUT2D eigenvalue weighted by Gasteiger charge is 2.15. The number of hydrogen-bond donors (Lipinski definition) is 1. The summed E-state index contributed by atoms with van der Waals surface area (Å²) in [6.07, 6.45) is 0. The summed E-state index contributed by atoms with van der Waals surface area (Å²) in [5, 5.41) is 6.96. The Hall–Kier alpha value is -2.24. The van der Waals surface area contributed by atoms with Gasteiger partial charge in [0.2, 0.25) is 6.79 Å². The van der Waals surface area contributed by atoms with Crippen LogP contribution < -0.4 is 14.8 Å². The fourth-order valence-corrected chi connectivity index (χ4v) is 3.30. The van der Waals surface area contributed by atoms with Gasteiger partial charge in [-0.2, -0.15) is 0 Å². The Bertz CT molecular complexity index is 850. The molecule has 1 aromatic heterocycles. The molecule has 0 saturated carbocycles. The number of nitrogens with zero attached hydrogens (tertiary/aromatic N) is 1. The van der Waals surface area contributed by atoms with Crippen molar-refractivity contribution in [3.05, 3.63) is 58.4 Å². The van der Waals surface area contributed by atoms with Crippen LogP contribution in [0, 0.1) is 0 Å². The first-order valence-corrected chi connectivity index (χ1v) is 8.37. The molecule has 4 rings (SSSR count). The van der Waals surface area contributed by atoms with Gasteiger partial charge in [0, 0.05) is 22.5 Å². The second-order valence-corrected chi connectivity index (χ2v) is 6.38. The van der Waals surface area contributed by atoms with Crippen LogP contribution in [0.25, 0.3) is 11.3 Å². The summed E-state index contributed by atoms with van der Waals surface area (Å²) in [7, 11) is 0. The van der Waals surface area contributed by atoms with Gasteiger partial charge in [0.25, 0.3) is 0 Å². The molecule has 4 nitrogen and oxygen atoms in total. The van der Waals surface area contributed by atoms with Crippen LogP contribution in [0.5, 0.6) is 11.5 Å². The highest BCUT2D eigenvalue weighted by molar-refractivity contribution is 7.14. The molecule has 0 aliphatic carbocycles. The van der Waals surface area contributed by atoms with E-state index in [1.54, 1.807) is 11.3 Å². The number of ether oxygens (including phenoxy) is 2. The maximum Gasteiger partial charge on any atom is 0.231 e. The zero-order valence-corrected chi connectivity index (χ0v) is 13.7. The van der Waals surface area contributed by atoms with Gasteiger partial charge in [0.05, 0.1) is 5.69 Å². The Labute approximate surface area is 142 Å². The van der Waals surface area contributed by atoms with Crippen LogP contribution in [-0.2, 0) is 6.54 Å². The summed E-state index contributed by atoms with van der Waals surface area (Å²) in [5.41, 5.74) is 3.06. The summed E-state index contributed by atoms with van der Waals surface area (Å²) in [5.74, 6) is 1.55. The maximum absolute atomic E-state index is 5.99. The number of rotatable bonds is 4. The van der Waals surface area contributed by atoms with E-state index in [1.807, 2.05) is 47.8 Å². The molecule has 0 fully saturated rings. The normalized spacial score (nSPS) is 12.4. The molecule has 116 valence electrons. The average molecular weight is 345 g/mol.